The zero-order valence-corrected chi connectivity index (χ0v) is 16.1. The molecule has 2 aromatic heterocycles. The standard InChI is InChI=1S/C20H21N3O3S/c1-13-3-4-18(27-13)15-7-16-12-23(5-6-26-19(16)17(24)8-15)11-14-9-21-20(25-2)22-10-14/h3-4,7-10,24H,5-6,11-12H2,1-2H3. The van der Waals surface area contributed by atoms with Gasteiger partial charge in [0.2, 0.25) is 0 Å². The summed E-state index contributed by atoms with van der Waals surface area (Å²) in [6, 6.07) is 8.45. The summed E-state index contributed by atoms with van der Waals surface area (Å²) in [5.41, 5.74) is 3.01. The van der Waals surface area contributed by atoms with Gasteiger partial charge in [-0.3, -0.25) is 4.90 Å². The normalized spacial score (nSPS) is 14.3. The third-order valence-electron chi connectivity index (χ3n) is 4.49. The molecule has 0 aliphatic carbocycles. The lowest BCUT2D eigenvalue weighted by atomic mass is 10.1. The van der Waals surface area contributed by atoms with Crippen LogP contribution in [0.3, 0.4) is 0 Å². The van der Waals surface area contributed by atoms with Crippen LogP contribution in [0.1, 0.15) is 16.0 Å². The summed E-state index contributed by atoms with van der Waals surface area (Å²) in [7, 11) is 1.55. The molecule has 0 saturated carbocycles. The maximum Gasteiger partial charge on any atom is 0.316 e. The van der Waals surface area contributed by atoms with Crippen LogP contribution in [-0.4, -0.2) is 40.2 Å². The summed E-state index contributed by atoms with van der Waals surface area (Å²) in [4.78, 5) is 13.0. The van der Waals surface area contributed by atoms with Gasteiger partial charge in [0.1, 0.15) is 6.61 Å². The summed E-state index contributed by atoms with van der Waals surface area (Å²) in [6.07, 6.45) is 3.56. The molecule has 1 aromatic carbocycles. The molecule has 0 amide bonds. The van der Waals surface area contributed by atoms with Crippen molar-refractivity contribution >= 4 is 11.3 Å². The maximum absolute atomic E-state index is 10.5. The number of hydrogen-bond acceptors (Lipinski definition) is 7. The Labute approximate surface area is 162 Å². The van der Waals surface area contributed by atoms with Crippen molar-refractivity contribution in [3.63, 3.8) is 0 Å². The topological polar surface area (TPSA) is 67.7 Å². The molecular weight excluding hydrogens is 362 g/mol. The largest absolute Gasteiger partial charge is 0.504 e. The second-order valence-electron chi connectivity index (χ2n) is 6.53. The van der Waals surface area contributed by atoms with Crippen LogP contribution < -0.4 is 9.47 Å². The monoisotopic (exact) mass is 383 g/mol. The Morgan fingerprint density at radius 1 is 1.26 bits per heavy atom. The summed E-state index contributed by atoms with van der Waals surface area (Å²) in [6.45, 7) is 4.75. The number of nitrogens with zero attached hydrogens (tertiary/aromatic N) is 3. The van der Waals surface area contributed by atoms with Gasteiger partial charge in [0.05, 0.1) is 7.11 Å². The third kappa shape index (κ3) is 3.89. The van der Waals surface area contributed by atoms with E-state index in [0.29, 0.717) is 31.5 Å². The average Bonchev–Trinajstić information content (AvgIpc) is 2.99. The minimum absolute atomic E-state index is 0.197. The van der Waals surface area contributed by atoms with Gasteiger partial charge in [-0.1, -0.05) is 0 Å². The molecule has 0 fully saturated rings. The lowest BCUT2D eigenvalue weighted by molar-refractivity contribution is 0.216. The number of methoxy groups -OCH3 is 1. The van der Waals surface area contributed by atoms with Crippen LogP contribution >= 0.6 is 11.3 Å². The van der Waals surface area contributed by atoms with Gasteiger partial charge < -0.3 is 14.6 Å². The fourth-order valence-corrected chi connectivity index (χ4v) is 4.06. The molecule has 1 N–H and O–H groups in total. The molecule has 3 aromatic rings. The van der Waals surface area contributed by atoms with Crippen LogP contribution in [0.4, 0.5) is 0 Å². The molecule has 0 unspecified atom stereocenters. The zero-order chi connectivity index (χ0) is 18.8. The molecule has 0 bridgehead atoms. The molecule has 0 atom stereocenters. The second-order valence-corrected chi connectivity index (χ2v) is 7.82. The maximum atomic E-state index is 10.5. The summed E-state index contributed by atoms with van der Waals surface area (Å²) in [5.74, 6) is 0.781. The first kappa shape index (κ1) is 17.8. The fraction of sp³-hybridized carbons (Fsp3) is 0.300. The van der Waals surface area contributed by atoms with Crippen LogP contribution in [0.15, 0.2) is 36.7 Å². The Balaban J connectivity index is 1.59. The van der Waals surface area contributed by atoms with Crippen molar-refractivity contribution in [3.05, 3.63) is 52.7 Å². The average molecular weight is 383 g/mol. The van der Waals surface area contributed by atoms with Crippen LogP contribution in [0, 0.1) is 6.92 Å². The van der Waals surface area contributed by atoms with Gasteiger partial charge in [-0.2, -0.15) is 0 Å². The SMILES string of the molecule is COc1ncc(CN2CCOc3c(O)cc(-c4ccc(C)s4)cc3C2)cn1. The summed E-state index contributed by atoms with van der Waals surface area (Å²) >= 11 is 1.72. The Morgan fingerprint density at radius 3 is 2.78 bits per heavy atom. The number of rotatable bonds is 4. The highest BCUT2D eigenvalue weighted by Crippen LogP contribution is 2.39. The molecule has 3 heterocycles. The van der Waals surface area contributed by atoms with Crippen molar-refractivity contribution in [1.82, 2.24) is 14.9 Å². The molecule has 0 spiro atoms. The molecule has 1 aliphatic rings. The molecule has 0 radical (unpaired) electrons. The minimum atomic E-state index is 0.197. The van der Waals surface area contributed by atoms with E-state index < -0.39 is 0 Å². The van der Waals surface area contributed by atoms with Crippen molar-refractivity contribution < 1.29 is 14.6 Å². The van der Waals surface area contributed by atoms with Crippen molar-refractivity contribution in [2.75, 3.05) is 20.3 Å². The Morgan fingerprint density at radius 2 is 2.07 bits per heavy atom. The van der Waals surface area contributed by atoms with Crippen molar-refractivity contribution in [3.8, 4) is 28.0 Å². The van der Waals surface area contributed by atoms with E-state index in [1.807, 2.05) is 0 Å². The Kier molecular flexibility index (Phi) is 4.96. The quantitative estimate of drug-likeness (QED) is 0.742. The minimum Gasteiger partial charge on any atom is -0.504 e. The second kappa shape index (κ2) is 7.54. The lowest BCUT2D eigenvalue weighted by Crippen LogP contribution is -2.25. The Hall–Kier alpha value is -2.64. The van der Waals surface area contributed by atoms with Gasteiger partial charge in [-0.15, -0.1) is 11.3 Å². The third-order valence-corrected chi connectivity index (χ3v) is 5.54. The Bertz CT molecular complexity index is 940. The molecule has 0 saturated heterocycles. The molecular formula is C20H21N3O3S. The number of hydrogen-bond donors (Lipinski definition) is 1. The number of aryl methyl sites for hydroxylation is 1. The van der Waals surface area contributed by atoms with Crippen LogP contribution in [0.25, 0.3) is 10.4 Å². The number of phenolic OH excluding ortho intramolecular Hbond substituents is 1. The fourth-order valence-electron chi connectivity index (χ4n) is 3.21. The van der Waals surface area contributed by atoms with E-state index in [9.17, 15) is 5.11 Å². The zero-order valence-electron chi connectivity index (χ0n) is 15.3. The van der Waals surface area contributed by atoms with Crippen LogP contribution in [0.2, 0.25) is 0 Å². The first-order valence-electron chi connectivity index (χ1n) is 8.75. The van der Waals surface area contributed by atoms with Gasteiger partial charge in [0.25, 0.3) is 0 Å². The first-order chi connectivity index (χ1) is 13.1. The van der Waals surface area contributed by atoms with E-state index in [1.54, 1.807) is 36.9 Å². The predicted octanol–water partition coefficient (Wildman–Crippen LogP) is 3.62. The highest BCUT2D eigenvalue weighted by atomic mass is 32.1. The van der Waals surface area contributed by atoms with E-state index in [0.717, 1.165) is 28.1 Å². The molecule has 140 valence electrons. The van der Waals surface area contributed by atoms with Gasteiger partial charge in [-0.25, -0.2) is 9.97 Å². The van der Waals surface area contributed by atoms with E-state index in [4.69, 9.17) is 9.47 Å². The van der Waals surface area contributed by atoms with Crippen LogP contribution in [0.5, 0.6) is 17.5 Å². The van der Waals surface area contributed by atoms with Crippen molar-refractivity contribution in [2.24, 2.45) is 0 Å². The van der Waals surface area contributed by atoms with Gasteiger partial charge in [-0.05, 0) is 36.8 Å². The van der Waals surface area contributed by atoms with Crippen molar-refractivity contribution in [1.29, 1.82) is 0 Å². The van der Waals surface area contributed by atoms with Gasteiger partial charge in [0, 0.05) is 52.9 Å². The van der Waals surface area contributed by atoms with E-state index >= 15 is 0 Å². The van der Waals surface area contributed by atoms with E-state index in [-0.39, 0.29) is 5.75 Å². The summed E-state index contributed by atoms with van der Waals surface area (Å²) < 4.78 is 10.9. The molecule has 27 heavy (non-hydrogen) atoms. The first-order valence-corrected chi connectivity index (χ1v) is 9.57. The van der Waals surface area contributed by atoms with Gasteiger partial charge >= 0.3 is 6.01 Å². The summed E-state index contributed by atoms with van der Waals surface area (Å²) in [5, 5.41) is 10.5. The number of fused-ring (bicyclic) bond motifs is 1. The highest BCUT2D eigenvalue weighted by molar-refractivity contribution is 7.15. The number of benzene rings is 1. The molecule has 7 heteroatoms. The highest BCUT2D eigenvalue weighted by Gasteiger charge is 2.20. The molecule has 1 aliphatic heterocycles. The lowest BCUT2D eigenvalue weighted by Gasteiger charge is -2.19. The van der Waals surface area contributed by atoms with Crippen LogP contribution in [-0.2, 0) is 13.1 Å². The number of phenols is 1. The van der Waals surface area contributed by atoms with E-state index in [1.165, 1.54) is 4.88 Å². The van der Waals surface area contributed by atoms with Crippen molar-refractivity contribution in [2.45, 2.75) is 20.0 Å². The number of aromatic hydroxyl groups is 1. The number of aromatic nitrogens is 2. The number of ether oxygens (including phenoxy) is 2. The van der Waals surface area contributed by atoms with E-state index in [2.05, 4.69) is 40.0 Å². The van der Waals surface area contributed by atoms with Gasteiger partial charge in [0.15, 0.2) is 11.5 Å². The molecule has 6 nitrogen and oxygen atoms in total. The number of thiophene rings is 1. The smallest absolute Gasteiger partial charge is 0.316 e. The predicted molar refractivity (Wildman–Crippen MR) is 104 cm³/mol. The molecule has 4 rings (SSSR count).